The largest absolute Gasteiger partial charge is 0.495 e. The predicted molar refractivity (Wildman–Crippen MR) is 142 cm³/mol. The summed E-state index contributed by atoms with van der Waals surface area (Å²) in [6.07, 6.45) is 0. The van der Waals surface area contributed by atoms with Crippen molar-refractivity contribution in [3.63, 3.8) is 0 Å². The second kappa shape index (κ2) is 10.9. The summed E-state index contributed by atoms with van der Waals surface area (Å²) in [6.45, 7) is 0. The quantitative estimate of drug-likeness (QED) is 0.275. The Kier molecular flexibility index (Phi) is 7.65. The van der Waals surface area contributed by atoms with Gasteiger partial charge in [0.1, 0.15) is 11.6 Å². The van der Waals surface area contributed by atoms with Crippen molar-refractivity contribution in [2.24, 2.45) is 0 Å². The highest BCUT2D eigenvalue weighted by Crippen LogP contribution is 2.27. The lowest BCUT2D eigenvalue weighted by molar-refractivity contribution is 0.102. The van der Waals surface area contributed by atoms with Crippen LogP contribution in [-0.2, 0) is 20.0 Å². The molecule has 0 bridgehead atoms. The van der Waals surface area contributed by atoms with E-state index in [4.69, 9.17) is 4.74 Å². The Balaban J connectivity index is 1.56. The van der Waals surface area contributed by atoms with Gasteiger partial charge in [-0.2, -0.15) is 0 Å². The van der Waals surface area contributed by atoms with Crippen LogP contribution < -0.4 is 19.5 Å². The Morgan fingerprint density at radius 1 is 0.711 bits per heavy atom. The van der Waals surface area contributed by atoms with Gasteiger partial charge < -0.3 is 10.1 Å². The van der Waals surface area contributed by atoms with Gasteiger partial charge in [0.15, 0.2) is 0 Å². The maximum absolute atomic E-state index is 13.2. The molecule has 0 unspecified atom stereocenters. The monoisotopic (exact) mass is 555 g/mol. The fraction of sp³-hybridized carbons (Fsp3) is 0.0385. The van der Waals surface area contributed by atoms with E-state index in [1.54, 1.807) is 30.3 Å². The summed E-state index contributed by atoms with van der Waals surface area (Å²) in [5.41, 5.74) is 0.371. The minimum atomic E-state index is -4.12. The van der Waals surface area contributed by atoms with Crippen LogP contribution in [0.1, 0.15) is 10.4 Å². The van der Waals surface area contributed by atoms with Crippen molar-refractivity contribution in [2.45, 2.75) is 9.79 Å². The van der Waals surface area contributed by atoms with Gasteiger partial charge in [-0.05, 0) is 66.7 Å². The number of ether oxygens (including phenoxy) is 1. The molecule has 4 rings (SSSR count). The second-order valence-electron chi connectivity index (χ2n) is 7.89. The summed E-state index contributed by atoms with van der Waals surface area (Å²) in [4.78, 5) is 12.8. The number of para-hydroxylation sites is 3. The summed E-state index contributed by atoms with van der Waals surface area (Å²) in [7, 11) is -6.73. The molecule has 0 saturated carbocycles. The molecule has 12 heteroatoms. The molecular formula is C26H22FN3O6S2. The van der Waals surface area contributed by atoms with Crippen LogP contribution in [0.3, 0.4) is 0 Å². The number of methoxy groups -OCH3 is 1. The molecule has 1 amide bonds. The fourth-order valence-corrected chi connectivity index (χ4v) is 5.66. The molecule has 0 aliphatic heterocycles. The first-order valence-electron chi connectivity index (χ1n) is 11.0. The molecular weight excluding hydrogens is 533 g/mol. The zero-order valence-corrected chi connectivity index (χ0v) is 21.5. The smallest absolute Gasteiger partial charge is 0.262 e. The van der Waals surface area contributed by atoms with Crippen LogP contribution in [0.25, 0.3) is 0 Å². The number of halogens is 1. The first-order chi connectivity index (χ1) is 18.1. The average molecular weight is 556 g/mol. The van der Waals surface area contributed by atoms with Gasteiger partial charge in [-0.25, -0.2) is 21.2 Å². The number of hydrogen-bond donors (Lipinski definition) is 3. The van der Waals surface area contributed by atoms with Gasteiger partial charge in [0.05, 0.1) is 33.8 Å². The van der Waals surface area contributed by atoms with E-state index < -0.39 is 31.8 Å². The zero-order valence-electron chi connectivity index (χ0n) is 19.9. The Labute approximate surface area is 219 Å². The van der Waals surface area contributed by atoms with E-state index in [1.807, 2.05) is 0 Å². The van der Waals surface area contributed by atoms with Crippen LogP contribution in [0.15, 0.2) is 107 Å². The standard InChI is InChI=1S/C26H22FN3O6S2/c1-36-25-12-5-4-11-24(25)30-38(34,35)21-8-6-7-19(17-21)28-26(31)22-9-2-3-10-23(22)29-37(32,33)20-15-13-18(27)14-16-20/h2-17,29-30H,1H3,(H,28,31). The molecule has 0 fully saturated rings. The van der Waals surface area contributed by atoms with Gasteiger partial charge in [-0.1, -0.05) is 30.3 Å². The normalized spacial score (nSPS) is 11.4. The van der Waals surface area contributed by atoms with Crippen molar-refractivity contribution in [1.82, 2.24) is 0 Å². The lowest BCUT2D eigenvalue weighted by Crippen LogP contribution is -2.19. The highest BCUT2D eigenvalue weighted by Gasteiger charge is 2.20. The summed E-state index contributed by atoms with van der Waals surface area (Å²) in [5.74, 6) is -0.944. The zero-order chi connectivity index (χ0) is 27.3. The van der Waals surface area contributed by atoms with Crippen LogP contribution in [-0.4, -0.2) is 29.9 Å². The van der Waals surface area contributed by atoms with Gasteiger partial charge in [0.25, 0.3) is 26.0 Å². The number of sulfonamides is 2. The molecule has 0 aliphatic carbocycles. The van der Waals surface area contributed by atoms with Crippen molar-refractivity contribution in [2.75, 3.05) is 21.9 Å². The summed E-state index contributed by atoms with van der Waals surface area (Å²) in [5, 5.41) is 2.59. The predicted octanol–water partition coefficient (Wildman–Crippen LogP) is 4.69. The molecule has 0 atom stereocenters. The lowest BCUT2D eigenvalue weighted by atomic mass is 10.1. The molecule has 4 aromatic carbocycles. The van der Waals surface area contributed by atoms with Crippen molar-refractivity contribution in [3.8, 4) is 5.75 Å². The van der Waals surface area contributed by atoms with Crippen molar-refractivity contribution in [1.29, 1.82) is 0 Å². The Morgan fingerprint density at radius 2 is 1.32 bits per heavy atom. The van der Waals surface area contributed by atoms with Gasteiger partial charge in [0, 0.05) is 5.69 Å². The molecule has 196 valence electrons. The van der Waals surface area contributed by atoms with E-state index in [0.29, 0.717) is 5.75 Å². The summed E-state index contributed by atoms with van der Waals surface area (Å²) >= 11 is 0. The van der Waals surface area contributed by atoms with E-state index in [9.17, 15) is 26.0 Å². The van der Waals surface area contributed by atoms with E-state index in [0.717, 1.165) is 24.3 Å². The first-order valence-corrected chi connectivity index (χ1v) is 14.0. The van der Waals surface area contributed by atoms with Crippen LogP contribution in [0.2, 0.25) is 0 Å². The third-order valence-electron chi connectivity index (χ3n) is 5.29. The third-order valence-corrected chi connectivity index (χ3v) is 8.04. The molecule has 0 spiro atoms. The SMILES string of the molecule is COc1ccccc1NS(=O)(=O)c1cccc(NC(=O)c2ccccc2NS(=O)(=O)c2ccc(F)cc2)c1. The number of hydrogen-bond acceptors (Lipinski definition) is 6. The number of nitrogens with one attached hydrogen (secondary N) is 3. The Bertz CT molecular complexity index is 1690. The molecule has 38 heavy (non-hydrogen) atoms. The van der Waals surface area contributed by atoms with Crippen molar-refractivity contribution in [3.05, 3.63) is 108 Å². The van der Waals surface area contributed by atoms with Gasteiger partial charge in [0.2, 0.25) is 0 Å². The van der Waals surface area contributed by atoms with Crippen molar-refractivity contribution < 1.29 is 30.8 Å². The molecule has 0 heterocycles. The molecule has 0 radical (unpaired) electrons. The number of amides is 1. The number of rotatable bonds is 9. The molecule has 0 aliphatic rings. The van der Waals surface area contributed by atoms with E-state index >= 15 is 0 Å². The molecule has 3 N–H and O–H groups in total. The second-order valence-corrected chi connectivity index (χ2v) is 11.3. The highest BCUT2D eigenvalue weighted by atomic mass is 32.2. The van der Waals surface area contributed by atoms with Crippen LogP contribution in [0, 0.1) is 5.82 Å². The van der Waals surface area contributed by atoms with Crippen LogP contribution in [0.5, 0.6) is 5.75 Å². The summed E-state index contributed by atoms with van der Waals surface area (Å²) < 4.78 is 74.6. The minimum absolute atomic E-state index is 0.0152. The van der Waals surface area contributed by atoms with Crippen LogP contribution >= 0.6 is 0 Å². The Morgan fingerprint density at radius 3 is 2.03 bits per heavy atom. The third kappa shape index (κ3) is 6.10. The fourth-order valence-electron chi connectivity index (χ4n) is 3.46. The van der Waals surface area contributed by atoms with Crippen molar-refractivity contribution >= 4 is 43.0 Å². The maximum atomic E-state index is 13.2. The molecule has 0 saturated heterocycles. The molecule has 0 aromatic heterocycles. The topological polar surface area (TPSA) is 131 Å². The first kappa shape index (κ1) is 26.6. The molecule has 4 aromatic rings. The summed E-state index contributed by atoms with van der Waals surface area (Å²) in [6, 6.07) is 22.2. The Hall–Kier alpha value is -4.42. The minimum Gasteiger partial charge on any atom is -0.495 e. The van der Waals surface area contributed by atoms with Gasteiger partial charge in [-0.15, -0.1) is 0 Å². The number of anilines is 3. The highest BCUT2D eigenvalue weighted by molar-refractivity contribution is 7.93. The number of carbonyl (C=O) groups excluding carboxylic acids is 1. The molecule has 9 nitrogen and oxygen atoms in total. The van der Waals surface area contributed by atoms with Gasteiger partial charge >= 0.3 is 0 Å². The van der Waals surface area contributed by atoms with E-state index in [2.05, 4.69) is 14.8 Å². The van der Waals surface area contributed by atoms with Crippen LogP contribution in [0.4, 0.5) is 21.5 Å². The lowest BCUT2D eigenvalue weighted by Gasteiger charge is -2.14. The van der Waals surface area contributed by atoms with E-state index in [1.165, 1.54) is 49.6 Å². The maximum Gasteiger partial charge on any atom is 0.262 e. The van der Waals surface area contributed by atoms with E-state index in [-0.39, 0.29) is 32.4 Å². The number of carbonyl (C=O) groups is 1. The number of benzene rings is 4. The van der Waals surface area contributed by atoms with Gasteiger partial charge in [-0.3, -0.25) is 14.2 Å². The average Bonchev–Trinajstić information content (AvgIpc) is 2.89.